The lowest BCUT2D eigenvalue weighted by Crippen LogP contribution is -2.38. The molecule has 0 aliphatic heterocycles. The Labute approximate surface area is 238 Å². The fourth-order valence-electron chi connectivity index (χ4n) is 5.55. The molecule has 2 nitrogen and oxygen atoms in total. The fraction of sp³-hybridized carbons (Fsp3) is 0.0294. The molecule has 7 aromatic rings. The number of hydrogen-bond acceptors (Lipinski definition) is 2. The molecule has 0 N–H and O–H groups in total. The van der Waals surface area contributed by atoms with Crippen molar-refractivity contribution < 1.29 is 4.39 Å². The molecular weight excluding hydrogens is 567 g/mol. The van der Waals surface area contributed by atoms with E-state index in [9.17, 15) is 0 Å². The van der Waals surface area contributed by atoms with E-state index in [0.717, 1.165) is 38.2 Å². The maximum atomic E-state index is 15.3. The predicted octanol–water partition coefficient (Wildman–Crippen LogP) is 9.66. The number of rotatable bonds is 5. The van der Waals surface area contributed by atoms with Crippen LogP contribution < -0.4 is 0 Å². The fourth-order valence-corrected chi connectivity index (χ4v) is 6.96. The number of halogens is 2. The van der Waals surface area contributed by atoms with Crippen molar-refractivity contribution >= 4 is 48.3 Å². The normalized spacial score (nSPS) is 11.8. The molecule has 0 amide bonds. The van der Waals surface area contributed by atoms with E-state index in [1.807, 2.05) is 71.4 Å². The van der Waals surface area contributed by atoms with Gasteiger partial charge >= 0.3 is 0 Å². The van der Waals surface area contributed by atoms with Crippen LogP contribution in [0.5, 0.6) is 0 Å². The second kappa shape index (κ2) is 9.60. The highest BCUT2D eigenvalue weighted by Crippen LogP contribution is 2.45. The summed E-state index contributed by atoms with van der Waals surface area (Å²) in [5.74, 6) is -0.324. The van der Waals surface area contributed by atoms with E-state index in [-0.39, 0.29) is 5.82 Å². The molecule has 0 bridgehead atoms. The van der Waals surface area contributed by atoms with Crippen molar-refractivity contribution in [3.8, 4) is 10.6 Å². The summed E-state index contributed by atoms with van der Waals surface area (Å²) in [5, 5.41) is 7.44. The van der Waals surface area contributed by atoms with Crippen LogP contribution in [0.2, 0.25) is 0 Å². The summed E-state index contributed by atoms with van der Waals surface area (Å²) in [6.45, 7) is 0. The summed E-state index contributed by atoms with van der Waals surface area (Å²) < 4.78 is 19.0. The molecule has 5 heteroatoms. The zero-order valence-corrected chi connectivity index (χ0v) is 23.2. The van der Waals surface area contributed by atoms with E-state index < -0.39 is 5.54 Å². The van der Waals surface area contributed by atoms with Gasteiger partial charge in [0.25, 0.3) is 0 Å². The molecule has 188 valence electrons. The zero-order chi connectivity index (χ0) is 26.4. The maximum Gasteiger partial charge on any atom is 0.139 e. The minimum Gasteiger partial charge on any atom is -0.244 e. The third kappa shape index (κ3) is 3.84. The van der Waals surface area contributed by atoms with Crippen molar-refractivity contribution in [1.82, 2.24) is 9.78 Å². The summed E-state index contributed by atoms with van der Waals surface area (Å²) in [6, 6.07) is 45.1. The Bertz CT molecular complexity index is 1800. The Hall–Kier alpha value is -4.06. The van der Waals surface area contributed by atoms with Gasteiger partial charge in [0, 0.05) is 16.2 Å². The van der Waals surface area contributed by atoms with E-state index in [1.54, 1.807) is 17.4 Å². The number of benzene rings is 5. The van der Waals surface area contributed by atoms with Gasteiger partial charge in [0.15, 0.2) is 0 Å². The Morgan fingerprint density at radius 2 is 1.21 bits per heavy atom. The van der Waals surface area contributed by atoms with Crippen molar-refractivity contribution in [2.24, 2.45) is 0 Å². The Morgan fingerprint density at radius 1 is 0.667 bits per heavy atom. The molecule has 0 fully saturated rings. The largest absolute Gasteiger partial charge is 0.244 e. The Morgan fingerprint density at radius 3 is 1.77 bits per heavy atom. The van der Waals surface area contributed by atoms with Gasteiger partial charge in [-0.2, -0.15) is 5.10 Å². The number of hydrogen-bond donors (Lipinski definition) is 0. The third-order valence-electron chi connectivity index (χ3n) is 7.27. The van der Waals surface area contributed by atoms with Crippen LogP contribution in [0.3, 0.4) is 0 Å². The first-order valence-corrected chi connectivity index (χ1v) is 14.3. The number of thiophene rings is 1. The van der Waals surface area contributed by atoms with Crippen molar-refractivity contribution in [2.45, 2.75) is 5.54 Å². The van der Waals surface area contributed by atoms with Gasteiger partial charge in [0.05, 0.1) is 14.9 Å². The molecule has 0 saturated heterocycles. The molecule has 0 atom stereocenters. The average Bonchev–Trinajstić information content (AvgIpc) is 3.57. The Kier molecular flexibility index (Phi) is 5.91. The van der Waals surface area contributed by atoms with E-state index in [4.69, 9.17) is 5.10 Å². The lowest BCUT2D eigenvalue weighted by Gasteiger charge is -2.37. The minimum absolute atomic E-state index is 0.324. The van der Waals surface area contributed by atoms with Gasteiger partial charge in [-0.25, -0.2) is 9.07 Å². The first kappa shape index (κ1) is 24.0. The molecule has 2 aromatic heterocycles. The molecule has 0 spiro atoms. The first-order chi connectivity index (χ1) is 19.2. The smallest absolute Gasteiger partial charge is 0.139 e. The average molecular weight is 590 g/mol. The van der Waals surface area contributed by atoms with Crippen LogP contribution in [-0.2, 0) is 5.54 Å². The van der Waals surface area contributed by atoms with Crippen LogP contribution in [0, 0.1) is 5.82 Å². The summed E-state index contributed by atoms with van der Waals surface area (Å²) in [7, 11) is 0. The summed E-state index contributed by atoms with van der Waals surface area (Å²) in [6.07, 6.45) is 0. The van der Waals surface area contributed by atoms with E-state index in [0.29, 0.717) is 4.47 Å². The van der Waals surface area contributed by atoms with Crippen LogP contribution in [-0.4, -0.2) is 9.78 Å². The van der Waals surface area contributed by atoms with Gasteiger partial charge in [0.1, 0.15) is 17.1 Å². The zero-order valence-electron chi connectivity index (χ0n) is 20.8. The summed E-state index contributed by atoms with van der Waals surface area (Å²) in [4.78, 5) is 1.04. The van der Waals surface area contributed by atoms with E-state index in [2.05, 4.69) is 76.6 Å². The van der Waals surface area contributed by atoms with E-state index >= 15 is 4.39 Å². The van der Waals surface area contributed by atoms with Crippen LogP contribution in [0.15, 0.2) is 138 Å². The third-order valence-corrected chi connectivity index (χ3v) is 9.00. The second-order valence-electron chi connectivity index (χ2n) is 9.50. The second-order valence-corrected chi connectivity index (χ2v) is 11.4. The maximum absolute atomic E-state index is 15.3. The first-order valence-electron chi connectivity index (χ1n) is 12.7. The van der Waals surface area contributed by atoms with Crippen LogP contribution >= 0.6 is 27.3 Å². The molecule has 0 aliphatic rings. The summed E-state index contributed by atoms with van der Waals surface area (Å²) in [5.41, 5.74) is 3.82. The highest BCUT2D eigenvalue weighted by Gasteiger charge is 2.41. The van der Waals surface area contributed by atoms with Gasteiger partial charge in [-0.1, -0.05) is 109 Å². The van der Waals surface area contributed by atoms with Crippen molar-refractivity contribution in [3.63, 3.8) is 0 Å². The topological polar surface area (TPSA) is 17.8 Å². The van der Waals surface area contributed by atoms with Crippen LogP contribution in [0.25, 0.3) is 31.6 Å². The summed E-state index contributed by atoms with van der Waals surface area (Å²) >= 11 is 5.15. The van der Waals surface area contributed by atoms with Gasteiger partial charge in [-0.3, -0.25) is 0 Å². The standard InChI is InChI=1S/C34H22BrFN2S/c35-28-21-27-30(22-29(28)36)38(37-33(27)32-20-23-12-10-11-19-31(23)39-32)34(24-13-4-1-5-14-24,25-15-6-2-7-16-25)26-17-8-3-9-18-26/h1-22H. The van der Waals surface area contributed by atoms with Crippen molar-refractivity contribution in [3.05, 3.63) is 160 Å². The molecule has 0 unspecified atom stereocenters. The predicted molar refractivity (Wildman–Crippen MR) is 163 cm³/mol. The van der Waals surface area contributed by atoms with E-state index in [1.165, 1.54) is 10.1 Å². The molecular formula is C34H22BrFN2S. The molecule has 0 aliphatic carbocycles. The van der Waals surface area contributed by atoms with Gasteiger partial charge in [-0.15, -0.1) is 11.3 Å². The van der Waals surface area contributed by atoms with Gasteiger partial charge in [-0.05, 0) is 56.2 Å². The molecule has 2 heterocycles. The minimum atomic E-state index is -0.850. The number of aromatic nitrogens is 2. The van der Waals surface area contributed by atoms with Gasteiger partial charge < -0.3 is 0 Å². The molecule has 39 heavy (non-hydrogen) atoms. The van der Waals surface area contributed by atoms with Gasteiger partial charge in [0.2, 0.25) is 0 Å². The highest BCUT2D eigenvalue weighted by atomic mass is 79.9. The van der Waals surface area contributed by atoms with Crippen molar-refractivity contribution in [2.75, 3.05) is 0 Å². The van der Waals surface area contributed by atoms with Crippen molar-refractivity contribution in [1.29, 1.82) is 0 Å². The molecule has 5 aromatic carbocycles. The number of fused-ring (bicyclic) bond motifs is 2. The SMILES string of the molecule is Fc1cc2c(cc1Br)c(-c1cc3ccccc3s1)nn2C(c1ccccc1)(c1ccccc1)c1ccccc1. The molecule has 0 saturated carbocycles. The van der Waals surface area contributed by atoms with Crippen LogP contribution in [0.1, 0.15) is 16.7 Å². The quantitative estimate of drug-likeness (QED) is 0.183. The lowest BCUT2D eigenvalue weighted by atomic mass is 9.77. The highest BCUT2D eigenvalue weighted by molar-refractivity contribution is 9.10. The Balaban J connectivity index is 1.65. The molecule has 7 rings (SSSR count). The molecule has 0 radical (unpaired) electrons. The monoisotopic (exact) mass is 588 g/mol. The number of nitrogens with zero attached hydrogens (tertiary/aromatic N) is 2. The lowest BCUT2D eigenvalue weighted by molar-refractivity contribution is 0.476. The van der Waals surface area contributed by atoms with Crippen LogP contribution in [0.4, 0.5) is 4.39 Å².